The highest BCUT2D eigenvalue weighted by atomic mass is 16.2. The lowest BCUT2D eigenvalue weighted by molar-refractivity contribution is 0.0647. The van der Waals surface area contributed by atoms with Crippen molar-refractivity contribution >= 4 is 16.8 Å². The number of hydrogen-bond donors (Lipinski definition) is 2. The molecule has 2 aliphatic rings. The van der Waals surface area contributed by atoms with Gasteiger partial charge in [-0.1, -0.05) is 48.5 Å². The number of rotatable bonds is 6. The summed E-state index contributed by atoms with van der Waals surface area (Å²) in [7, 11) is 0. The number of carbonyl (C=O) groups excluding carboxylic acids is 1. The van der Waals surface area contributed by atoms with E-state index in [-0.39, 0.29) is 5.91 Å². The second-order valence-electron chi connectivity index (χ2n) is 9.30. The first-order valence-corrected chi connectivity index (χ1v) is 11.8. The Morgan fingerprint density at radius 1 is 1.06 bits per heavy atom. The van der Waals surface area contributed by atoms with Gasteiger partial charge < -0.3 is 15.2 Å². The Kier molecular flexibility index (Phi) is 5.58. The van der Waals surface area contributed by atoms with Crippen LogP contribution < -0.4 is 5.32 Å². The van der Waals surface area contributed by atoms with Gasteiger partial charge >= 0.3 is 0 Å². The standard InChI is InChI=1S/C27H33N3O/c1-3-30(27(31)26-18(2)20-12-7-8-13-24(20)29-26)25-15-9-14-23(21-16-22(21)25)28-17-19-10-5-4-6-11-19/h4-8,10-13,21-23,25,28-29H,3,9,14-17H2,1-2H3/t21?,22-,23-,25+/m1/s1. The third kappa shape index (κ3) is 3.89. The van der Waals surface area contributed by atoms with E-state index in [1.165, 1.54) is 24.8 Å². The number of nitrogens with one attached hydrogen (secondary N) is 2. The number of nitrogens with zero attached hydrogens (tertiary/aromatic N) is 1. The maximum Gasteiger partial charge on any atom is 0.270 e. The first-order chi connectivity index (χ1) is 15.2. The van der Waals surface area contributed by atoms with Crippen molar-refractivity contribution in [3.05, 3.63) is 71.4 Å². The van der Waals surface area contributed by atoms with Crippen LogP contribution in [0.2, 0.25) is 0 Å². The molecular formula is C27H33N3O. The van der Waals surface area contributed by atoms with Gasteiger partial charge in [-0.3, -0.25) is 4.79 Å². The molecule has 5 rings (SSSR count). The quantitative estimate of drug-likeness (QED) is 0.575. The maximum absolute atomic E-state index is 13.6. The summed E-state index contributed by atoms with van der Waals surface area (Å²) in [6, 6.07) is 19.8. The minimum Gasteiger partial charge on any atom is -0.350 e. The number of H-pyrrole nitrogens is 1. The van der Waals surface area contributed by atoms with Crippen LogP contribution in [0.1, 0.15) is 54.2 Å². The smallest absolute Gasteiger partial charge is 0.270 e. The largest absolute Gasteiger partial charge is 0.350 e. The Morgan fingerprint density at radius 3 is 2.61 bits per heavy atom. The van der Waals surface area contributed by atoms with Crippen LogP contribution in [-0.4, -0.2) is 34.4 Å². The highest BCUT2D eigenvalue weighted by molar-refractivity contribution is 6.01. The Labute approximate surface area is 185 Å². The number of benzene rings is 2. The average Bonchev–Trinajstić information content (AvgIpc) is 3.54. The van der Waals surface area contributed by atoms with Crippen LogP contribution in [0, 0.1) is 18.8 Å². The molecule has 2 fully saturated rings. The molecule has 0 spiro atoms. The van der Waals surface area contributed by atoms with Gasteiger partial charge in [0, 0.05) is 36.1 Å². The molecule has 0 radical (unpaired) electrons. The van der Waals surface area contributed by atoms with E-state index in [4.69, 9.17) is 0 Å². The van der Waals surface area contributed by atoms with Crippen molar-refractivity contribution in [2.24, 2.45) is 11.8 Å². The number of fused-ring (bicyclic) bond motifs is 2. The fraction of sp³-hybridized carbons (Fsp3) is 0.444. The van der Waals surface area contributed by atoms with Crippen LogP contribution in [0.4, 0.5) is 0 Å². The molecule has 4 nitrogen and oxygen atoms in total. The molecule has 2 N–H and O–H groups in total. The van der Waals surface area contributed by atoms with Gasteiger partial charge in [-0.2, -0.15) is 0 Å². The second kappa shape index (κ2) is 8.51. The summed E-state index contributed by atoms with van der Waals surface area (Å²) < 4.78 is 0. The molecule has 4 heteroatoms. The lowest BCUT2D eigenvalue weighted by Crippen LogP contribution is -2.42. The van der Waals surface area contributed by atoms with E-state index in [2.05, 4.69) is 71.5 Å². The highest BCUT2D eigenvalue weighted by Crippen LogP contribution is 2.50. The number of carbonyl (C=O) groups is 1. The Balaban J connectivity index is 1.30. The summed E-state index contributed by atoms with van der Waals surface area (Å²) in [6.07, 6.45) is 4.75. The number of para-hydroxylation sites is 1. The summed E-state index contributed by atoms with van der Waals surface area (Å²) in [5.74, 6) is 1.49. The van der Waals surface area contributed by atoms with E-state index in [1.54, 1.807) is 0 Å². The van der Waals surface area contributed by atoms with Crippen LogP contribution in [0.15, 0.2) is 54.6 Å². The Bertz CT molecular complexity index is 1060. The van der Waals surface area contributed by atoms with Gasteiger partial charge in [0.25, 0.3) is 5.91 Å². The lowest BCUT2D eigenvalue weighted by atomic mass is 10.0. The average molecular weight is 416 g/mol. The predicted molar refractivity (Wildman–Crippen MR) is 126 cm³/mol. The van der Waals surface area contributed by atoms with Crippen molar-refractivity contribution in [3.63, 3.8) is 0 Å². The predicted octanol–water partition coefficient (Wildman–Crippen LogP) is 5.29. The van der Waals surface area contributed by atoms with E-state index >= 15 is 0 Å². The van der Waals surface area contributed by atoms with E-state index in [0.29, 0.717) is 23.9 Å². The van der Waals surface area contributed by atoms with E-state index in [9.17, 15) is 4.79 Å². The highest BCUT2D eigenvalue weighted by Gasteiger charge is 2.51. The first kappa shape index (κ1) is 20.3. The van der Waals surface area contributed by atoms with Gasteiger partial charge in [0.1, 0.15) is 5.69 Å². The monoisotopic (exact) mass is 415 g/mol. The topological polar surface area (TPSA) is 48.1 Å². The zero-order valence-corrected chi connectivity index (χ0v) is 18.6. The van der Waals surface area contributed by atoms with Crippen molar-refractivity contribution < 1.29 is 4.79 Å². The van der Waals surface area contributed by atoms with Crippen molar-refractivity contribution in [2.75, 3.05) is 6.54 Å². The first-order valence-electron chi connectivity index (χ1n) is 11.8. The molecule has 0 bridgehead atoms. The molecule has 31 heavy (non-hydrogen) atoms. The number of aromatic nitrogens is 1. The van der Waals surface area contributed by atoms with Crippen LogP contribution in [0.25, 0.3) is 10.9 Å². The van der Waals surface area contributed by atoms with E-state index in [1.807, 2.05) is 12.1 Å². The summed E-state index contributed by atoms with van der Waals surface area (Å²) in [4.78, 5) is 19.2. The van der Waals surface area contributed by atoms with Gasteiger partial charge in [-0.25, -0.2) is 0 Å². The fourth-order valence-electron chi connectivity index (χ4n) is 5.77. The van der Waals surface area contributed by atoms with Crippen molar-refractivity contribution in [1.82, 2.24) is 15.2 Å². The molecule has 2 aromatic carbocycles. The molecule has 0 saturated heterocycles. The Hall–Kier alpha value is -2.59. The molecule has 1 unspecified atom stereocenters. The van der Waals surface area contributed by atoms with Gasteiger partial charge in [-0.05, 0) is 68.6 Å². The molecule has 1 amide bonds. The summed E-state index contributed by atoms with van der Waals surface area (Å²) >= 11 is 0. The third-order valence-electron chi connectivity index (χ3n) is 7.51. The summed E-state index contributed by atoms with van der Waals surface area (Å²) in [5, 5.41) is 4.98. The summed E-state index contributed by atoms with van der Waals surface area (Å²) in [6.45, 7) is 5.90. The molecule has 2 saturated carbocycles. The molecule has 2 aliphatic carbocycles. The number of aromatic amines is 1. The fourth-order valence-corrected chi connectivity index (χ4v) is 5.77. The second-order valence-corrected chi connectivity index (χ2v) is 9.30. The van der Waals surface area contributed by atoms with E-state index in [0.717, 1.165) is 41.7 Å². The molecule has 0 aliphatic heterocycles. The minimum absolute atomic E-state index is 0.169. The molecule has 1 aromatic heterocycles. The van der Waals surface area contributed by atoms with Crippen LogP contribution in [0.5, 0.6) is 0 Å². The van der Waals surface area contributed by atoms with Gasteiger partial charge in [0.15, 0.2) is 0 Å². The van der Waals surface area contributed by atoms with Gasteiger partial charge in [0.2, 0.25) is 0 Å². The van der Waals surface area contributed by atoms with Crippen molar-refractivity contribution in [2.45, 2.75) is 58.2 Å². The number of aryl methyl sites for hydroxylation is 1. The number of hydrogen-bond acceptors (Lipinski definition) is 2. The maximum atomic E-state index is 13.6. The van der Waals surface area contributed by atoms with Crippen LogP contribution >= 0.6 is 0 Å². The molecule has 4 atom stereocenters. The van der Waals surface area contributed by atoms with Crippen LogP contribution in [0.3, 0.4) is 0 Å². The SMILES string of the molecule is CCN(C(=O)c1[nH]c2ccccc2c1C)[C@H]1CCC[C@@H](NCc2ccccc2)C2C[C@H]21. The van der Waals surface area contributed by atoms with Gasteiger partial charge in [0.05, 0.1) is 0 Å². The molecule has 3 aromatic rings. The molecule has 162 valence electrons. The number of amides is 1. The third-order valence-corrected chi connectivity index (χ3v) is 7.51. The van der Waals surface area contributed by atoms with E-state index < -0.39 is 0 Å². The zero-order chi connectivity index (χ0) is 21.4. The van der Waals surface area contributed by atoms with Crippen molar-refractivity contribution in [1.29, 1.82) is 0 Å². The van der Waals surface area contributed by atoms with Crippen LogP contribution in [-0.2, 0) is 6.54 Å². The van der Waals surface area contributed by atoms with Gasteiger partial charge in [-0.15, -0.1) is 0 Å². The van der Waals surface area contributed by atoms with Crippen molar-refractivity contribution in [3.8, 4) is 0 Å². The zero-order valence-electron chi connectivity index (χ0n) is 18.6. The Morgan fingerprint density at radius 2 is 1.84 bits per heavy atom. The molecule has 1 heterocycles. The minimum atomic E-state index is 0.169. The normalized spacial score (nSPS) is 25.1. The lowest BCUT2D eigenvalue weighted by Gasteiger charge is -2.31. The summed E-state index contributed by atoms with van der Waals surface area (Å²) in [5.41, 5.74) is 4.24. The molecular weight excluding hydrogens is 382 g/mol.